The van der Waals surface area contributed by atoms with Gasteiger partial charge < -0.3 is 10.1 Å². The summed E-state index contributed by atoms with van der Waals surface area (Å²) in [6.07, 6.45) is 5.08. The van der Waals surface area contributed by atoms with Crippen molar-refractivity contribution in [2.75, 3.05) is 31.3 Å². The largest absolute Gasteiger partial charge is 0.497 e. The van der Waals surface area contributed by atoms with Crippen LogP contribution in [-0.4, -0.2) is 49.7 Å². The molecule has 0 bridgehead atoms. The molecule has 3 aromatic rings. The van der Waals surface area contributed by atoms with Crippen LogP contribution in [0.3, 0.4) is 0 Å². The molecule has 1 saturated heterocycles. The van der Waals surface area contributed by atoms with E-state index >= 15 is 0 Å². The molecule has 32 heavy (non-hydrogen) atoms. The van der Waals surface area contributed by atoms with Gasteiger partial charge in [-0.1, -0.05) is 0 Å². The number of nitrogens with one attached hydrogen (secondary N) is 1. The normalized spacial score (nSPS) is 15.4. The summed E-state index contributed by atoms with van der Waals surface area (Å²) in [5, 5.41) is 15.1. The second-order valence-corrected chi connectivity index (χ2v) is 10.2. The van der Waals surface area contributed by atoms with Crippen molar-refractivity contribution >= 4 is 26.5 Å². The average Bonchev–Trinajstić information content (AvgIpc) is 2.83. The van der Waals surface area contributed by atoms with Crippen LogP contribution in [0.2, 0.25) is 0 Å². The molecular formula is C24H26N4O3S. The van der Waals surface area contributed by atoms with E-state index in [0.717, 1.165) is 40.4 Å². The zero-order chi connectivity index (χ0) is 22.7. The molecule has 0 saturated carbocycles. The van der Waals surface area contributed by atoms with Crippen molar-refractivity contribution in [3.05, 3.63) is 54.4 Å². The predicted octanol–water partition coefficient (Wildman–Crippen LogP) is 4.01. The van der Waals surface area contributed by atoms with Crippen molar-refractivity contribution in [1.82, 2.24) is 9.29 Å². The number of ether oxygens (including phenoxy) is 1. The van der Waals surface area contributed by atoms with Gasteiger partial charge in [-0.05, 0) is 72.7 Å². The molecule has 1 aliphatic rings. The standard InChI is InChI=1S/C24H26N4O3S/c1-3-32(29,30)28-8-5-21(6-9-28)27-24-14-20(12-18-4-7-26-16-23(18)24)19-10-17(15-25)11-22(13-19)31-2/h4,7,10-14,16,21,27H,3,5-6,8-9H2,1-2H3. The molecule has 0 amide bonds. The zero-order valence-electron chi connectivity index (χ0n) is 18.2. The van der Waals surface area contributed by atoms with Crippen LogP contribution in [0, 0.1) is 11.3 Å². The van der Waals surface area contributed by atoms with Gasteiger partial charge in [-0.3, -0.25) is 4.98 Å². The van der Waals surface area contributed by atoms with E-state index in [1.54, 1.807) is 30.6 Å². The molecular weight excluding hydrogens is 424 g/mol. The first-order valence-corrected chi connectivity index (χ1v) is 12.3. The van der Waals surface area contributed by atoms with Crippen molar-refractivity contribution in [2.24, 2.45) is 0 Å². The maximum Gasteiger partial charge on any atom is 0.213 e. The Bertz CT molecular complexity index is 1280. The monoisotopic (exact) mass is 450 g/mol. The number of aromatic nitrogens is 1. The summed E-state index contributed by atoms with van der Waals surface area (Å²) in [5.41, 5.74) is 3.34. The molecule has 0 spiro atoms. The van der Waals surface area contributed by atoms with Crippen LogP contribution in [0.1, 0.15) is 25.3 Å². The maximum atomic E-state index is 12.2. The summed E-state index contributed by atoms with van der Waals surface area (Å²) in [5.74, 6) is 0.766. The van der Waals surface area contributed by atoms with Crippen LogP contribution in [0.5, 0.6) is 5.75 Å². The van der Waals surface area contributed by atoms with Gasteiger partial charge in [0.1, 0.15) is 5.75 Å². The van der Waals surface area contributed by atoms with Gasteiger partial charge in [0, 0.05) is 42.6 Å². The molecule has 1 aromatic heterocycles. The Balaban J connectivity index is 1.67. The fourth-order valence-electron chi connectivity index (χ4n) is 4.11. The molecule has 7 nitrogen and oxygen atoms in total. The van der Waals surface area contributed by atoms with Gasteiger partial charge in [0.2, 0.25) is 10.0 Å². The van der Waals surface area contributed by atoms with E-state index in [1.807, 2.05) is 24.4 Å². The fourth-order valence-corrected chi connectivity index (χ4v) is 5.25. The van der Waals surface area contributed by atoms with E-state index in [1.165, 1.54) is 0 Å². The Labute approximate surface area is 188 Å². The average molecular weight is 451 g/mol. The van der Waals surface area contributed by atoms with Crippen LogP contribution in [-0.2, 0) is 10.0 Å². The quantitative estimate of drug-likeness (QED) is 0.610. The van der Waals surface area contributed by atoms with Crippen molar-refractivity contribution in [3.8, 4) is 22.9 Å². The summed E-state index contributed by atoms with van der Waals surface area (Å²) in [4.78, 5) is 4.29. The van der Waals surface area contributed by atoms with Crippen LogP contribution in [0.4, 0.5) is 5.69 Å². The minimum atomic E-state index is -3.15. The lowest BCUT2D eigenvalue weighted by molar-refractivity contribution is 0.330. The highest BCUT2D eigenvalue weighted by atomic mass is 32.2. The number of hydrogen-bond donors (Lipinski definition) is 1. The van der Waals surface area contributed by atoms with Crippen LogP contribution in [0.25, 0.3) is 21.9 Å². The summed E-state index contributed by atoms with van der Waals surface area (Å²) >= 11 is 0. The smallest absolute Gasteiger partial charge is 0.213 e. The molecule has 0 aliphatic carbocycles. The fraction of sp³-hybridized carbons (Fsp3) is 0.333. The lowest BCUT2D eigenvalue weighted by Crippen LogP contribution is -2.42. The molecule has 0 unspecified atom stereocenters. The number of nitriles is 1. The third-order valence-electron chi connectivity index (χ3n) is 5.93. The van der Waals surface area contributed by atoms with E-state index < -0.39 is 10.0 Å². The van der Waals surface area contributed by atoms with Crippen molar-refractivity contribution in [1.29, 1.82) is 5.26 Å². The maximum absolute atomic E-state index is 12.2. The van der Waals surface area contributed by atoms with E-state index in [4.69, 9.17) is 4.74 Å². The third-order valence-corrected chi connectivity index (χ3v) is 7.81. The van der Waals surface area contributed by atoms with Crippen molar-refractivity contribution in [2.45, 2.75) is 25.8 Å². The van der Waals surface area contributed by atoms with Crippen LogP contribution >= 0.6 is 0 Å². The highest BCUT2D eigenvalue weighted by Crippen LogP contribution is 2.34. The second kappa shape index (κ2) is 9.15. The molecule has 2 heterocycles. The number of piperidine rings is 1. The molecule has 1 aliphatic heterocycles. The van der Waals surface area contributed by atoms with Crippen LogP contribution < -0.4 is 10.1 Å². The SMILES string of the molecule is CCS(=O)(=O)N1CCC(Nc2cc(-c3cc(C#N)cc(OC)c3)cc3ccncc23)CC1. The summed E-state index contributed by atoms with van der Waals surface area (Å²) in [6.45, 7) is 2.72. The topological polar surface area (TPSA) is 95.3 Å². The zero-order valence-corrected chi connectivity index (χ0v) is 19.0. The van der Waals surface area contributed by atoms with Crippen molar-refractivity contribution < 1.29 is 13.2 Å². The van der Waals surface area contributed by atoms with Gasteiger partial charge in [0.25, 0.3) is 0 Å². The number of hydrogen-bond acceptors (Lipinski definition) is 6. The summed E-state index contributed by atoms with van der Waals surface area (Å²) < 4.78 is 31.3. The lowest BCUT2D eigenvalue weighted by Gasteiger charge is -2.32. The molecule has 0 atom stereocenters. The lowest BCUT2D eigenvalue weighted by atomic mass is 9.98. The van der Waals surface area contributed by atoms with E-state index in [9.17, 15) is 13.7 Å². The number of nitrogens with zero attached hydrogens (tertiary/aromatic N) is 3. The first kappa shape index (κ1) is 22.1. The van der Waals surface area contributed by atoms with Gasteiger partial charge in [0.05, 0.1) is 24.5 Å². The first-order valence-electron chi connectivity index (χ1n) is 10.6. The molecule has 2 aromatic carbocycles. The number of sulfonamides is 1. The Kier molecular flexibility index (Phi) is 6.31. The molecule has 166 valence electrons. The number of anilines is 1. The molecule has 8 heteroatoms. The van der Waals surface area contributed by atoms with Gasteiger partial charge in [-0.25, -0.2) is 12.7 Å². The number of pyridine rings is 1. The van der Waals surface area contributed by atoms with E-state index in [2.05, 4.69) is 28.5 Å². The van der Waals surface area contributed by atoms with Crippen LogP contribution in [0.15, 0.2) is 48.8 Å². The van der Waals surface area contributed by atoms with E-state index in [0.29, 0.717) is 24.4 Å². The Morgan fingerprint density at radius 3 is 2.62 bits per heavy atom. The third kappa shape index (κ3) is 4.54. The highest BCUT2D eigenvalue weighted by Gasteiger charge is 2.27. The highest BCUT2D eigenvalue weighted by molar-refractivity contribution is 7.89. The number of benzene rings is 2. The minimum absolute atomic E-state index is 0.134. The predicted molar refractivity (Wildman–Crippen MR) is 126 cm³/mol. The van der Waals surface area contributed by atoms with Gasteiger partial charge in [0.15, 0.2) is 0 Å². The minimum Gasteiger partial charge on any atom is -0.497 e. The van der Waals surface area contributed by atoms with Crippen molar-refractivity contribution in [3.63, 3.8) is 0 Å². The number of methoxy groups -OCH3 is 1. The summed E-state index contributed by atoms with van der Waals surface area (Å²) in [6, 6.07) is 13.9. The Hall–Kier alpha value is -3.15. The first-order chi connectivity index (χ1) is 15.4. The Morgan fingerprint density at radius 1 is 1.19 bits per heavy atom. The van der Waals surface area contributed by atoms with Gasteiger partial charge >= 0.3 is 0 Å². The van der Waals surface area contributed by atoms with Gasteiger partial charge in [-0.15, -0.1) is 0 Å². The Morgan fingerprint density at radius 2 is 1.94 bits per heavy atom. The molecule has 4 rings (SSSR count). The number of fused-ring (bicyclic) bond motifs is 1. The molecule has 0 radical (unpaired) electrons. The molecule has 1 N–H and O–H groups in total. The molecule has 1 fully saturated rings. The van der Waals surface area contributed by atoms with Gasteiger partial charge in [-0.2, -0.15) is 5.26 Å². The summed E-state index contributed by atoms with van der Waals surface area (Å²) in [7, 11) is -1.56. The number of rotatable bonds is 6. The van der Waals surface area contributed by atoms with E-state index in [-0.39, 0.29) is 11.8 Å². The second-order valence-electron chi connectivity index (χ2n) is 7.90.